The fraction of sp³-hybridized carbons (Fsp3) is 0.400. The van der Waals surface area contributed by atoms with Gasteiger partial charge in [0.05, 0.1) is 10.4 Å². The summed E-state index contributed by atoms with van der Waals surface area (Å²) in [7, 11) is 0. The summed E-state index contributed by atoms with van der Waals surface area (Å²) in [6.07, 6.45) is 4.83. The molecule has 3 heterocycles. The van der Waals surface area contributed by atoms with E-state index in [-0.39, 0.29) is 0 Å². The third kappa shape index (κ3) is 3.22. The van der Waals surface area contributed by atoms with Crippen LogP contribution in [0.4, 0.5) is 5.82 Å². The molecule has 0 aliphatic heterocycles. The maximum absolute atomic E-state index is 4.61. The first kappa shape index (κ1) is 14.4. The van der Waals surface area contributed by atoms with E-state index in [1.54, 1.807) is 22.7 Å². The Morgan fingerprint density at radius 3 is 2.86 bits per heavy atom. The third-order valence-electron chi connectivity index (χ3n) is 3.27. The highest BCUT2D eigenvalue weighted by Crippen LogP contribution is 2.25. The van der Waals surface area contributed by atoms with E-state index in [0.29, 0.717) is 0 Å². The van der Waals surface area contributed by atoms with E-state index in [0.717, 1.165) is 47.7 Å². The summed E-state index contributed by atoms with van der Waals surface area (Å²) >= 11 is 3.46. The molecule has 0 saturated carbocycles. The van der Waals surface area contributed by atoms with Crippen LogP contribution in [0.25, 0.3) is 10.2 Å². The van der Waals surface area contributed by atoms with Gasteiger partial charge in [-0.3, -0.25) is 0 Å². The van der Waals surface area contributed by atoms with Crippen LogP contribution in [-0.4, -0.2) is 21.5 Å². The summed E-state index contributed by atoms with van der Waals surface area (Å²) in [6.45, 7) is 5.10. The van der Waals surface area contributed by atoms with Gasteiger partial charge in [0.1, 0.15) is 16.5 Å². The Labute approximate surface area is 132 Å². The maximum Gasteiger partial charge on any atom is 0.138 e. The van der Waals surface area contributed by atoms with Crippen LogP contribution in [-0.2, 0) is 19.3 Å². The second kappa shape index (κ2) is 6.49. The minimum atomic E-state index is 0.849. The third-order valence-corrected chi connectivity index (χ3v) is 5.28. The van der Waals surface area contributed by atoms with Crippen molar-refractivity contribution < 1.29 is 0 Å². The van der Waals surface area contributed by atoms with E-state index in [1.165, 1.54) is 9.88 Å². The van der Waals surface area contributed by atoms with Gasteiger partial charge in [0, 0.05) is 30.5 Å². The molecular formula is C15H18N4S2. The topological polar surface area (TPSA) is 50.7 Å². The molecule has 4 nitrogen and oxygen atoms in total. The number of nitrogens with zero attached hydrogens (tertiary/aromatic N) is 3. The number of anilines is 1. The number of aromatic nitrogens is 3. The lowest BCUT2D eigenvalue weighted by Gasteiger charge is -2.07. The average Bonchev–Trinajstić information content (AvgIpc) is 3.15. The van der Waals surface area contributed by atoms with Crippen molar-refractivity contribution in [1.82, 2.24) is 15.0 Å². The molecule has 0 aliphatic carbocycles. The van der Waals surface area contributed by atoms with Crippen molar-refractivity contribution in [1.29, 1.82) is 0 Å². The van der Waals surface area contributed by atoms with E-state index in [4.69, 9.17) is 0 Å². The molecule has 0 amide bonds. The van der Waals surface area contributed by atoms with Crippen LogP contribution in [0.2, 0.25) is 0 Å². The van der Waals surface area contributed by atoms with E-state index < -0.39 is 0 Å². The zero-order valence-electron chi connectivity index (χ0n) is 12.2. The molecule has 0 radical (unpaired) electrons. The normalized spacial score (nSPS) is 11.1. The van der Waals surface area contributed by atoms with Gasteiger partial charge in [-0.05, 0) is 17.9 Å². The second-order valence-electron chi connectivity index (χ2n) is 4.73. The minimum Gasteiger partial charge on any atom is -0.369 e. The van der Waals surface area contributed by atoms with Gasteiger partial charge in [0.2, 0.25) is 0 Å². The largest absolute Gasteiger partial charge is 0.369 e. The summed E-state index contributed by atoms with van der Waals surface area (Å²) < 4.78 is 0. The fourth-order valence-electron chi connectivity index (χ4n) is 2.11. The Kier molecular flexibility index (Phi) is 4.45. The Morgan fingerprint density at radius 2 is 2.10 bits per heavy atom. The van der Waals surface area contributed by atoms with Crippen molar-refractivity contribution in [2.24, 2.45) is 0 Å². The monoisotopic (exact) mass is 318 g/mol. The van der Waals surface area contributed by atoms with E-state index in [2.05, 4.69) is 45.6 Å². The van der Waals surface area contributed by atoms with Crippen molar-refractivity contribution in [3.05, 3.63) is 33.4 Å². The highest BCUT2D eigenvalue weighted by atomic mass is 32.1. The van der Waals surface area contributed by atoms with E-state index in [9.17, 15) is 0 Å². The molecule has 0 bridgehead atoms. The molecule has 0 saturated heterocycles. The zero-order chi connectivity index (χ0) is 14.7. The minimum absolute atomic E-state index is 0.849. The highest BCUT2D eigenvalue weighted by molar-refractivity contribution is 7.16. The van der Waals surface area contributed by atoms with Gasteiger partial charge in [0.25, 0.3) is 0 Å². The number of aryl methyl sites for hydroxylation is 2. The Bertz CT molecular complexity index is 732. The first-order valence-corrected chi connectivity index (χ1v) is 8.91. The molecule has 110 valence electrons. The summed E-state index contributed by atoms with van der Waals surface area (Å²) in [6, 6.07) is 2.08. The van der Waals surface area contributed by atoms with Gasteiger partial charge >= 0.3 is 0 Å². The summed E-state index contributed by atoms with van der Waals surface area (Å²) in [4.78, 5) is 16.0. The molecule has 0 aliphatic rings. The molecule has 6 heteroatoms. The van der Waals surface area contributed by atoms with Gasteiger partial charge in [-0.1, -0.05) is 13.8 Å². The van der Waals surface area contributed by atoms with Crippen LogP contribution in [0, 0.1) is 0 Å². The molecule has 3 aromatic rings. The van der Waals surface area contributed by atoms with Gasteiger partial charge in [0.15, 0.2) is 0 Å². The van der Waals surface area contributed by atoms with E-state index in [1.807, 2.05) is 6.20 Å². The lowest BCUT2D eigenvalue weighted by molar-refractivity contribution is 0.942. The fourth-order valence-corrected chi connectivity index (χ4v) is 3.75. The van der Waals surface area contributed by atoms with Crippen LogP contribution < -0.4 is 5.32 Å². The number of rotatable bonds is 6. The number of nitrogens with one attached hydrogen (secondary N) is 1. The van der Waals surface area contributed by atoms with Crippen LogP contribution in [0.3, 0.4) is 0 Å². The predicted octanol–water partition coefficient (Wildman–Crippen LogP) is 3.93. The van der Waals surface area contributed by atoms with Crippen molar-refractivity contribution in [2.45, 2.75) is 33.1 Å². The quantitative estimate of drug-likeness (QED) is 0.748. The average molecular weight is 318 g/mol. The molecule has 0 spiro atoms. The first-order valence-electron chi connectivity index (χ1n) is 7.21. The summed E-state index contributed by atoms with van der Waals surface area (Å²) in [5.41, 5.74) is 0. The molecule has 3 aromatic heterocycles. The molecule has 0 unspecified atom stereocenters. The van der Waals surface area contributed by atoms with Crippen molar-refractivity contribution in [3.8, 4) is 0 Å². The number of thiazole rings is 1. The van der Waals surface area contributed by atoms with Crippen LogP contribution in [0.5, 0.6) is 0 Å². The zero-order valence-corrected chi connectivity index (χ0v) is 13.9. The molecule has 0 aromatic carbocycles. The van der Waals surface area contributed by atoms with Gasteiger partial charge in [-0.25, -0.2) is 15.0 Å². The van der Waals surface area contributed by atoms with Crippen LogP contribution in [0.1, 0.15) is 29.6 Å². The Hall–Kier alpha value is -1.53. The van der Waals surface area contributed by atoms with Gasteiger partial charge in [-0.2, -0.15) is 0 Å². The second-order valence-corrected chi connectivity index (χ2v) is 6.83. The predicted molar refractivity (Wildman–Crippen MR) is 90.5 cm³/mol. The number of thiophene rings is 1. The molecule has 1 N–H and O–H groups in total. The molecule has 0 atom stereocenters. The summed E-state index contributed by atoms with van der Waals surface area (Å²) in [5, 5.41) is 7.82. The van der Waals surface area contributed by atoms with Crippen molar-refractivity contribution >= 4 is 38.7 Å². The molecule has 0 fully saturated rings. The van der Waals surface area contributed by atoms with Crippen molar-refractivity contribution in [3.63, 3.8) is 0 Å². The Balaban J connectivity index is 1.71. The standard InChI is InChI=1S/C15H18N4S2/c1-3-10-9-17-13(21-10)5-7-16-14-11-6-8-20-15(11)19-12(4-2)18-14/h6,8-9H,3-5,7H2,1-2H3,(H,16,18,19). The lowest BCUT2D eigenvalue weighted by Crippen LogP contribution is -2.08. The lowest BCUT2D eigenvalue weighted by atomic mass is 10.3. The highest BCUT2D eigenvalue weighted by Gasteiger charge is 2.08. The molecule has 3 rings (SSSR count). The summed E-state index contributed by atoms with van der Waals surface area (Å²) in [5.74, 6) is 1.85. The van der Waals surface area contributed by atoms with Gasteiger partial charge < -0.3 is 5.32 Å². The SMILES string of the molecule is CCc1nc(NCCc2ncc(CC)s2)c2ccsc2n1. The molecular weight excluding hydrogens is 300 g/mol. The Morgan fingerprint density at radius 1 is 1.19 bits per heavy atom. The first-order chi connectivity index (χ1) is 10.3. The smallest absolute Gasteiger partial charge is 0.138 e. The molecule has 21 heavy (non-hydrogen) atoms. The number of hydrogen-bond acceptors (Lipinski definition) is 6. The van der Waals surface area contributed by atoms with E-state index >= 15 is 0 Å². The number of fused-ring (bicyclic) bond motifs is 1. The van der Waals surface area contributed by atoms with Crippen molar-refractivity contribution in [2.75, 3.05) is 11.9 Å². The van der Waals surface area contributed by atoms with Crippen LogP contribution >= 0.6 is 22.7 Å². The maximum atomic E-state index is 4.61. The van der Waals surface area contributed by atoms with Crippen LogP contribution in [0.15, 0.2) is 17.6 Å². The number of hydrogen-bond donors (Lipinski definition) is 1. The van der Waals surface area contributed by atoms with Gasteiger partial charge in [-0.15, -0.1) is 22.7 Å².